The van der Waals surface area contributed by atoms with Gasteiger partial charge in [0.25, 0.3) is 0 Å². The average Bonchev–Trinajstić information content (AvgIpc) is 2.85. The lowest BCUT2D eigenvalue weighted by molar-refractivity contribution is 0.392. The van der Waals surface area contributed by atoms with Crippen molar-refractivity contribution in [3.8, 4) is 0 Å². The largest absolute Gasteiger partial charge is 0.369 e. The highest BCUT2D eigenvalue weighted by atomic mass is 35.5. The van der Waals surface area contributed by atoms with Crippen molar-refractivity contribution in [3.63, 3.8) is 0 Å². The zero-order chi connectivity index (χ0) is 22.4. The zero-order valence-electron chi connectivity index (χ0n) is 17.6. The van der Waals surface area contributed by atoms with Crippen LogP contribution >= 0.6 is 30.5 Å². The molecular formula is C26H25Cl2N2OP. The maximum atomic E-state index is 14.4. The highest BCUT2D eigenvalue weighted by Crippen LogP contribution is 2.57. The molecule has 1 saturated heterocycles. The Morgan fingerprint density at radius 2 is 1.06 bits per heavy atom. The monoisotopic (exact) mass is 482 g/mol. The van der Waals surface area contributed by atoms with Crippen LogP contribution in [-0.2, 0) is 4.57 Å². The predicted molar refractivity (Wildman–Crippen MR) is 138 cm³/mol. The molecule has 0 bridgehead atoms. The molecule has 0 unspecified atom stereocenters. The number of nitrogens with zero attached hydrogens (tertiary/aromatic N) is 2. The lowest BCUT2D eigenvalue weighted by atomic mass is 10.2. The van der Waals surface area contributed by atoms with Crippen LogP contribution in [0.5, 0.6) is 0 Å². The summed E-state index contributed by atoms with van der Waals surface area (Å²) >= 11 is 13.3. The van der Waals surface area contributed by atoms with Crippen LogP contribution in [-0.4, -0.2) is 30.8 Å². The Hall–Kier alpha value is -2.29. The minimum atomic E-state index is -3.14. The molecule has 1 heterocycles. The lowest BCUT2D eigenvalue weighted by Crippen LogP contribution is -2.44. The Morgan fingerprint density at radius 1 is 0.656 bits per heavy atom. The van der Waals surface area contributed by atoms with Crippen LogP contribution in [0.3, 0.4) is 0 Å². The normalized spacial score (nSPS) is 16.2. The molecule has 3 nitrogen and oxygen atoms in total. The molecule has 0 N–H and O–H groups in total. The first-order valence-corrected chi connectivity index (χ1v) is 13.1. The number of benzene rings is 3. The summed E-state index contributed by atoms with van der Waals surface area (Å²) in [5.74, 6) is 3.38. The Labute approximate surface area is 200 Å². The van der Waals surface area contributed by atoms with Gasteiger partial charge in [0.2, 0.25) is 0 Å². The first-order valence-electron chi connectivity index (χ1n) is 10.6. The van der Waals surface area contributed by atoms with E-state index in [-0.39, 0.29) is 0 Å². The van der Waals surface area contributed by atoms with Crippen molar-refractivity contribution in [1.29, 1.82) is 0 Å². The molecule has 4 rings (SSSR count). The third kappa shape index (κ3) is 5.54. The molecule has 0 aromatic heterocycles. The van der Waals surface area contributed by atoms with E-state index in [1.165, 1.54) is 5.69 Å². The summed E-state index contributed by atoms with van der Waals surface area (Å²) in [6.07, 6.45) is 0. The molecular weight excluding hydrogens is 458 g/mol. The van der Waals surface area contributed by atoms with Gasteiger partial charge in [0, 0.05) is 43.5 Å². The van der Waals surface area contributed by atoms with E-state index >= 15 is 0 Å². The second kappa shape index (κ2) is 10.6. The van der Waals surface area contributed by atoms with Gasteiger partial charge in [-0.05, 0) is 23.3 Å². The number of hydrogen-bond acceptors (Lipinski definition) is 2. The summed E-state index contributed by atoms with van der Waals surface area (Å²) in [7, 11) is -3.14. The van der Waals surface area contributed by atoms with Crippen molar-refractivity contribution in [3.05, 3.63) is 114 Å². The minimum absolute atomic E-state index is 0.466. The molecule has 164 valence electrons. The van der Waals surface area contributed by atoms with Gasteiger partial charge in [-0.15, -0.1) is 0 Å². The number of piperazine rings is 1. The summed E-state index contributed by atoms with van der Waals surface area (Å²) in [6, 6.07) is 29.5. The smallest absolute Gasteiger partial charge is 0.196 e. The quantitative estimate of drug-likeness (QED) is 0.338. The maximum absolute atomic E-state index is 14.4. The minimum Gasteiger partial charge on any atom is -0.369 e. The Bertz CT molecular complexity index is 1070. The SMILES string of the molecule is O=P(/C=C(\Cl)c1ccccc1)(/C=C(\Cl)c1ccccc1)N1CCN(c2ccccc2)CC1. The summed E-state index contributed by atoms with van der Waals surface area (Å²) in [4.78, 5) is 2.31. The van der Waals surface area contributed by atoms with Gasteiger partial charge in [0.15, 0.2) is 7.29 Å². The first kappa shape index (κ1) is 22.9. The van der Waals surface area contributed by atoms with Crippen molar-refractivity contribution >= 4 is 46.2 Å². The fourth-order valence-corrected chi connectivity index (χ4v) is 7.02. The summed E-state index contributed by atoms with van der Waals surface area (Å²) in [5.41, 5.74) is 2.85. The Balaban J connectivity index is 1.64. The Kier molecular flexibility index (Phi) is 7.55. The van der Waals surface area contributed by atoms with E-state index in [2.05, 4.69) is 17.0 Å². The number of hydrogen-bond donors (Lipinski definition) is 0. The second-order valence-corrected chi connectivity index (χ2v) is 10.9. The van der Waals surface area contributed by atoms with Gasteiger partial charge in [-0.1, -0.05) is 102 Å². The first-order chi connectivity index (χ1) is 15.5. The number of halogens is 2. The second-order valence-electron chi connectivity index (χ2n) is 7.63. The fourth-order valence-electron chi connectivity index (χ4n) is 3.77. The predicted octanol–water partition coefficient (Wildman–Crippen LogP) is 7.56. The summed E-state index contributed by atoms with van der Waals surface area (Å²) in [6.45, 7) is 2.86. The van der Waals surface area contributed by atoms with Gasteiger partial charge in [0.1, 0.15) is 0 Å². The van der Waals surface area contributed by atoms with Crippen LogP contribution in [0.15, 0.2) is 103 Å². The molecule has 0 atom stereocenters. The van der Waals surface area contributed by atoms with Crippen molar-refractivity contribution in [1.82, 2.24) is 4.67 Å². The lowest BCUT2D eigenvalue weighted by Gasteiger charge is -2.38. The highest BCUT2D eigenvalue weighted by Gasteiger charge is 2.31. The molecule has 1 aliphatic rings. The van der Waals surface area contributed by atoms with Crippen LogP contribution in [0, 0.1) is 0 Å². The van der Waals surface area contributed by atoms with E-state index in [0.717, 1.165) is 24.2 Å². The van der Waals surface area contributed by atoms with Gasteiger partial charge >= 0.3 is 0 Å². The number of para-hydroxylation sites is 1. The number of anilines is 1. The molecule has 0 spiro atoms. The molecule has 3 aromatic carbocycles. The van der Waals surface area contributed by atoms with Crippen molar-refractivity contribution < 1.29 is 4.57 Å². The molecule has 0 amide bonds. The van der Waals surface area contributed by atoms with Gasteiger partial charge in [-0.3, -0.25) is 4.57 Å². The highest BCUT2D eigenvalue weighted by molar-refractivity contribution is 7.68. The molecule has 32 heavy (non-hydrogen) atoms. The number of rotatable bonds is 6. The van der Waals surface area contributed by atoms with Crippen LogP contribution in [0.25, 0.3) is 10.1 Å². The van der Waals surface area contributed by atoms with E-state index in [1.807, 2.05) is 83.5 Å². The molecule has 0 saturated carbocycles. The molecule has 6 heteroatoms. The molecule has 1 fully saturated rings. The third-order valence-corrected chi connectivity index (χ3v) is 9.01. The van der Waals surface area contributed by atoms with Gasteiger partial charge < -0.3 is 4.90 Å². The maximum Gasteiger partial charge on any atom is 0.196 e. The summed E-state index contributed by atoms with van der Waals surface area (Å²) < 4.78 is 16.4. The fraction of sp³-hybridized carbons (Fsp3) is 0.154. The van der Waals surface area contributed by atoms with Crippen LogP contribution in [0.2, 0.25) is 0 Å². The van der Waals surface area contributed by atoms with E-state index in [9.17, 15) is 4.57 Å². The summed E-state index contributed by atoms with van der Waals surface area (Å²) in [5, 5.41) is 0.932. The molecule has 0 radical (unpaired) electrons. The van der Waals surface area contributed by atoms with Crippen LogP contribution < -0.4 is 4.90 Å². The van der Waals surface area contributed by atoms with E-state index < -0.39 is 7.29 Å². The molecule has 1 aliphatic heterocycles. The topological polar surface area (TPSA) is 23.6 Å². The van der Waals surface area contributed by atoms with Crippen LogP contribution in [0.1, 0.15) is 11.1 Å². The average molecular weight is 483 g/mol. The van der Waals surface area contributed by atoms with E-state index in [4.69, 9.17) is 23.2 Å². The van der Waals surface area contributed by atoms with Gasteiger partial charge in [-0.25, -0.2) is 4.67 Å². The van der Waals surface area contributed by atoms with Gasteiger partial charge in [-0.2, -0.15) is 0 Å². The Morgan fingerprint density at radius 3 is 1.50 bits per heavy atom. The van der Waals surface area contributed by atoms with Crippen molar-refractivity contribution in [2.24, 2.45) is 0 Å². The molecule has 0 aliphatic carbocycles. The molecule has 3 aromatic rings. The standard InChI is InChI=1S/C26H25Cl2N2OP/c27-25(22-10-4-1-5-11-22)20-32(31,21-26(28)23-12-6-2-7-13-23)30-18-16-29(17-19-30)24-14-8-3-9-15-24/h1-15,20-21H,16-19H2/b25-20-,26-21-. The van der Waals surface area contributed by atoms with E-state index in [0.29, 0.717) is 23.2 Å². The zero-order valence-corrected chi connectivity index (χ0v) is 20.1. The van der Waals surface area contributed by atoms with Gasteiger partial charge in [0.05, 0.1) is 10.1 Å². The van der Waals surface area contributed by atoms with Crippen molar-refractivity contribution in [2.75, 3.05) is 31.1 Å². The van der Waals surface area contributed by atoms with Crippen LogP contribution in [0.4, 0.5) is 5.69 Å². The van der Waals surface area contributed by atoms with E-state index in [1.54, 1.807) is 11.6 Å². The third-order valence-electron chi connectivity index (χ3n) is 5.52. The van der Waals surface area contributed by atoms with Crippen molar-refractivity contribution in [2.45, 2.75) is 0 Å².